The molecular weight excluding hydrogens is 252 g/mol. The Balaban J connectivity index is 1.75. The average molecular weight is 274 g/mol. The van der Waals surface area contributed by atoms with Gasteiger partial charge in [0, 0.05) is 26.6 Å². The molecule has 5 nitrogen and oxygen atoms in total. The highest BCUT2D eigenvalue weighted by molar-refractivity contribution is 5.28. The minimum absolute atomic E-state index is 0.767. The molecule has 0 aliphatic carbocycles. The normalized spacial score (nSPS) is 10.7. The molecule has 0 aliphatic heterocycles. The van der Waals surface area contributed by atoms with Crippen LogP contribution < -0.4 is 10.1 Å². The minimum Gasteiger partial charge on any atom is -0.494 e. The van der Waals surface area contributed by atoms with Gasteiger partial charge < -0.3 is 14.6 Å². The molecule has 0 spiro atoms. The van der Waals surface area contributed by atoms with Gasteiger partial charge in [-0.15, -0.1) is 10.2 Å². The molecule has 2 aromatic rings. The number of ether oxygens (including phenoxy) is 1. The van der Waals surface area contributed by atoms with Gasteiger partial charge in [0.25, 0.3) is 0 Å². The van der Waals surface area contributed by atoms with Crippen molar-refractivity contribution in [2.24, 2.45) is 7.05 Å². The van der Waals surface area contributed by atoms with Crippen molar-refractivity contribution >= 4 is 0 Å². The van der Waals surface area contributed by atoms with E-state index >= 15 is 0 Å². The van der Waals surface area contributed by atoms with Crippen molar-refractivity contribution in [2.75, 3.05) is 13.2 Å². The maximum Gasteiger partial charge on any atom is 0.133 e. The SMILES string of the molecule is CCCOc1cccc(CNCCc2nncn2C)c1. The number of nitrogens with zero attached hydrogens (tertiary/aromatic N) is 3. The van der Waals surface area contributed by atoms with Gasteiger partial charge in [0.15, 0.2) is 0 Å². The zero-order valence-corrected chi connectivity index (χ0v) is 12.2. The van der Waals surface area contributed by atoms with Crippen molar-refractivity contribution in [3.8, 4) is 5.75 Å². The van der Waals surface area contributed by atoms with Gasteiger partial charge in [-0.25, -0.2) is 0 Å². The Morgan fingerprint density at radius 1 is 1.35 bits per heavy atom. The molecule has 0 bridgehead atoms. The lowest BCUT2D eigenvalue weighted by Gasteiger charge is -2.08. The molecule has 1 aromatic carbocycles. The lowest BCUT2D eigenvalue weighted by molar-refractivity contribution is 0.317. The Hall–Kier alpha value is -1.88. The molecule has 0 fully saturated rings. The average Bonchev–Trinajstić information content (AvgIpc) is 2.87. The summed E-state index contributed by atoms with van der Waals surface area (Å²) in [6.45, 7) is 4.59. The fourth-order valence-corrected chi connectivity index (χ4v) is 1.93. The summed E-state index contributed by atoms with van der Waals surface area (Å²) in [5, 5.41) is 11.3. The molecule has 0 aliphatic rings. The van der Waals surface area contributed by atoms with Crippen molar-refractivity contribution in [1.29, 1.82) is 0 Å². The van der Waals surface area contributed by atoms with Crippen LogP contribution in [0, 0.1) is 0 Å². The molecule has 5 heteroatoms. The van der Waals surface area contributed by atoms with Crippen LogP contribution in [-0.4, -0.2) is 27.9 Å². The summed E-state index contributed by atoms with van der Waals surface area (Å²) in [6.07, 6.45) is 3.63. The lowest BCUT2D eigenvalue weighted by Crippen LogP contribution is -2.18. The van der Waals surface area contributed by atoms with Crippen molar-refractivity contribution in [2.45, 2.75) is 26.3 Å². The molecule has 1 N–H and O–H groups in total. The van der Waals surface area contributed by atoms with Gasteiger partial charge in [-0.05, 0) is 24.1 Å². The van der Waals surface area contributed by atoms with E-state index in [1.807, 2.05) is 23.7 Å². The maximum atomic E-state index is 5.63. The lowest BCUT2D eigenvalue weighted by atomic mass is 10.2. The number of rotatable bonds is 8. The summed E-state index contributed by atoms with van der Waals surface area (Å²) in [6, 6.07) is 8.22. The zero-order valence-electron chi connectivity index (χ0n) is 12.2. The number of aromatic nitrogens is 3. The van der Waals surface area contributed by atoms with E-state index in [4.69, 9.17) is 4.74 Å². The summed E-state index contributed by atoms with van der Waals surface area (Å²) < 4.78 is 7.57. The van der Waals surface area contributed by atoms with E-state index in [-0.39, 0.29) is 0 Å². The van der Waals surface area contributed by atoms with Crippen LogP contribution in [0.2, 0.25) is 0 Å². The van der Waals surface area contributed by atoms with Crippen LogP contribution in [0.25, 0.3) is 0 Å². The number of hydrogen-bond donors (Lipinski definition) is 1. The third kappa shape index (κ3) is 4.35. The van der Waals surface area contributed by atoms with Crippen molar-refractivity contribution in [3.63, 3.8) is 0 Å². The summed E-state index contributed by atoms with van der Waals surface area (Å²) in [5.74, 6) is 1.94. The second-order valence-electron chi connectivity index (χ2n) is 4.78. The summed E-state index contributed by atoms with van der Waals surface area (Å²) in [4.78, 5) is 0. The van der Waals surface area contributed by atoms with Crippen LogP contribution in [0.15, 0.2) is 30.6 Å². The monoisotopic (exact) mass is 274 g/mol. The first-order valence-corrected chi connectivity index (χ1v) is 7.05. The molecule has 2 rings (SSSR count). The molecule has 1 aromatic heterocycles. The van der Waals surface area contributed by atoms with E-state index in [0.717, 1.165) is 44.1 Å². The summed E-state index contributed by atoms with van der Waals surface area (Å²) in [7, 11) is 1.96. The Kier molecular flexibility index (Phi) is 5.55. The summed E-state index contributed by atoms with van der Waals surface area (Å²) in [5.41, 5.74) is 1.23. The minimum atomic E-state index is 0.767. The topological polar surface area (TPSA) is 52.0 Å². The van der Waals surface area contributed by atoms with Crippen LogP contribution in [0.1, 0.15) is 24.7 Å². The van der Waals surface area contributed by atoms with Gasteiger partial charge in [0.1, 0.15) is 17.9 Å². The molecule has 0 saturated carbocycles. The quantitative estimate of drug-likeness (QED) is 0.747. The van der Waals surface area contributed by atoms with Gasteiger partial charge in [0.05, 0.1) is 6.61 Å². The second-order valence-corrected chi connectivity index (χ2v) is 4.78. The van der Waals surface area contributed by atoms with E-state index in [2.05, 4.69) is 34.6 Å². The van der Waals surface area contributed by atoms with Gasteiger partial charge in [0.2, 0.25) is 0 Å². The van der Waals surface area contributed by atoms with Gasteiger partial charge in [-0.2, -0.15) is 0 Å². The van der Waals surface area contributed by atoms with Crippen molar-refractivity contribution in [1.82, 2.24) is 20.1 Å². The van der Waals surface area contributed by atoms with E-state index in [1.165, 1.54) is 5.56 Å². The highest BCUT2D eigenvalue weighted by Crippen LogP contribution is 2.13. The van der Waals surface area contributed by atoms with Crippen LogP contribution in [0.4, 0.5) is 0 Å². The van der Waals surface area contributed by atoms with Gasteiger partial charge in [-0.3, -0.25) is 0 Å². The van der Waals surface area contributed by atoms with E-state index in [9.17, 15) is 0 Å². The number of benzene rings is 1. The molecule has 20 heavy (non-hydrogen) atoms. The highest BCUT2D eigenvalue weighted by atomic mass is 16.5. The number of hydrogen-bond acceptors (Lipinski definition) is 4. The number of nitrogens with one attached hydrogen (secondary N) is 1. The molecule has 108 valence electrons. The fraction of sp³-hybridized carbons (Fsp3) is 0.467. The first-order valence-electron chi connectivity index (χ1n) is 7.05. The molecule has 0 unspecified atom stereocenters. The molecule has 0 saturated heterocycles. The molecular formula is C15H22N4O. The van der Waals surface area contributed by atoms with Crippen LogP contribution in [0.3, 0.4) is 0 Å². The van der Waals surface area contributed by atoms with E-state index in [0.29, 0.717) is 0 Å². The maximum absolute atomic E-state index is 5.63. The van der Waals surface area contributed by atoms with Crippen LogP contribution in [0.5, 0.6) is 5.75 Å². The van der Waals surface area contributed by atoms with Crippen LogP contribution >= 0.6 is 0 Å². The van der Waals surface area contributed by atoms with Gasteiger partial charge in [-0.1, -0.05) is 19.1 Å². The summed E-state index contributed by atoms with van der Waals surface area (Å²) >= 11 is 0. The van der Waals surface area contributed by atoms with Gasteiger partial charge >= 0.3 is 0 Å². The highest BCUT2D eigenvalue weighted by Gasteiger charge is 2.00. The van der Waals surface area contributed by atoms with Crippen LogP contribution in [-0.2, 0) is 20.0 Å². The molecule has 0 atom stereocenters. The smallest absolute Gasteiger partial charge is 0.133 e. The third-order valence-electron chi connectivity index (χ3n) is 3.03. The predicted octanol–water partition coefficient (Wildman–Crippen LogP) is 1.94. The Labute approximate surface area is 120 Å². The van der Waals surface area contributed by atoms with E-state index in [1.54, 1.807) is 6.33 Å². The van der Waals surface area contributed by atoms with Crippen molar-refractivity contribution < 1.29 is 4.74 Å². The third-order valence-corrected chi connectivity index (χ3v) is 3.03. The zero-order chi connectivity index (χ0) is 14.2. The fourth-order valence-electron chi connectivity index (χ4n) is 1.93. The second kappa shape index (κ2) is 7.65. The predicted molar refractivity (Wildman–Crippen MR) is 78.6 cm³/mol. The number of aryl methyl sites for hydroxylation is 1. The van der Waals surface area contributed by atoms with Crippen molar-refractivity contribution in [3.05, 3.63) is 42.0 Å². The standard InChI is InChI=1S/C15H22N4O/c1-3-9-20-14-6-4-5-13(10-14)11-16-8-7-15-18-17-12-19(15)2/h4-6,10,12,16H,3,7-9,11H2,1-2H3. The first-order chi connectivity index (χ1) is 9.79. The molecule has 0 radical (unpaired) electrons. The Morgan fingerprint density at radius 3 is 3.00 bits per heavy atom. The Bertz CT molecular complexity index is 524. The van der Waals surface area contributed by atoms with E-state index < -0.39 is 0 Å². The first kappa shape index (κ1) is 14.5. The largest absolute Gasteiger partial charge is 0.494 e. The molecule has 0 amide bonds. The molecule has 1 heterocycles. The Morgan fingerprint density at radius 2 is 2.25 bits per heavy atom.